The molecule has 0 atom stereocenters. The van der Waals surface area contributed by atoms with Crippen LogP contribution >= 0.6 is 11.3 Å². The summed E-state index contributed by atoms with van der Waals surface area (Å²) in [7, 11) is 3.21. The van der Waals surface area contributed by atoms with E-state index in [4.69, 9.17) is 9.47 Å². The van der Waals surface area contributed by atoms with E-state index in [9.17, 15) is 13.2 Å². The van der Waals surface area contributed by atoms with Crippen LogP contribution in [-0.4, -0.2) is 71.4 Å². The zero-order valence-electron chi connectivity index (χ0n) is 19.5. The smallest absolute Gasteiger partial charge is 0.244 e. The molecule has 2 aromatic carbocycles. The second-order valence-electron chi connectivity index (χ2n) is 7.92. The van der Waals surface area contributed by atoms with Gasteiger partial charge in [0.2, 0.25) is 5.91 Å². The number of nitrogens with zero attached hydrogens (tertiary/aromatic N) is 3. The van der Waals surface area contributed by atoms with Gasteiger partial charge in [0.1, 0.15) is 27.5 Å². The Hall–Kier alpha value is -2.69. The van der Waals surface area contributed by atoms with E-state index >= 15 is 0 Å². The molecule has 178 valence electrons. The summed E-state index contributed by atoms with van der Waals surface area (Å²) < 4.78 is 37.5. The highest BCUT2D eigenvalue weighted by molar-refractivity contribution is 7.92. The molecule has 3 aromatic rings. The van der Waals surface area contributed by atoms with Crippen molar-refractivity contribution in [2.45, 2.75) is 18.2 Å². The molecule has 8 nitrogen and oxygen atoms in total. The van der Waals surface area contributed by atoms with Crippen LogP contribution in [0.2, 0.25) is 0 Å². The van der Waals surface area contributed by atoms with Crippen LogP contribution in [0.3, 0.4) is 0 Å². The number of aromatic nitrogens is 1. The Balaban J connectivity index is 1.97. The van der Waals surface area contributed by atoms with Gasteiger partial charge in [0.25, 0.3) is 0 Å². The summed E-state index contributed by atoms with van der Waals surface area (Å²) >= 11 is 1.28. The van der Waals surface area contributed by atoms with Crippen LogP contribution in [0.15, 0.2) is 41.3 Å². The third-order valence-corrected chi connectivity index (χ3v) is 7.82. The Morgan fingerprint density at radius 3 is 2.24 bits per heavy atom. The van der Waals surface area contributed by atoms with Crippen LogP contribution in [0.5, 0.6) is 11.5 Å². The Labute approximate surface area is 198 Å². The van der Waals surface area contributed by atoms with E-state index in [0.29, 0.717) is 35.1 Å². The second-order valence-corrected chi connectivity index (χ2v) is 10.9. The standard InChI is InChI=1S/C23H29N3O5S2/c1-16-7-9-17(10-8-16)33(28,29)15-20(27)26(14-6-13-25(2)3)23-24-21-18(30-4)11-12-19(31-5)22(21)32-23/h7-12H,6,13-15H2,1-5H3. The van der Waals surface area contributed by atoms with Crippen LogP contribution in [0, 0.1) is 6.92 Å². The first-order chi connectivity index (χ1) is 15.7. The van der Waals surface area contributed by atoms with Crippen molar-refractivity contribution >= 4 is 42.4 Å². The van der Waals surface area contributed by atoms with E-state index in [1.54, 1.807) is 38.5 Å². The van der Waals surface area contributed by atoms with Crippen LogP contribution in [-0.2, 0) is 14.6 Å². The lowest BCUT2D eigenvalue weighted by atomic mass is 10.2. The van der Waals surface area contributed by atoms with E-state index in [1.807, 2.05) is 25.9 Å². The first kappa shape index (κ1) is 24.9. The van der Waals surface area contributed by atoms with Gasteiger partial charge >= 0.3 is 0 Å². The molecular weight excluding hydrogens is 462 g/mol. The number of fused-ring (bicyclic) bond motifs is 1. The molecule has 10 heteroatoms. The van der Waals surface area contributed by atoms with E-state index in [0.717, 1.165) is 16.8 Å². The van der Waals surface area contributed by atoms with Gasteiger partial charge in [-0.05, 0) is 58.3 Å². The molecule has 3 rings (SSSR count). The van der Waals surface area contributed by atoms with Crippen molar-refractivity contribution in [2.24, 2.45) is 0 Å². The number of anilines is 1. The van der Waals surface area contributed by atoms with Crippen molar-refractivity contribution in [1.29, 1.82) is 0 Å². The van der Waals surface area contributed by atoms with Crippen molar-refractivity contribution in [1.82, 2.24) is 9.88 Å². The highest BCUT2D eigenvalue weighted by Gasteiger charge is 2.27. The zero-order valence-corrected chi connectivity index (χ0v) is 21.1. The van der Waals surface area contributed by atoms with Gasteiger partial charge in [-0.1, -0.05) is 29.0 Å². The minimum Gasteiger partial charge on any atom is -0.495 e. The maximum Gasteiger partial charge on any atom is 0.244 e. The number of sulfone groups is 1. The lowest BCUT2D eigenvalue weighted by Crippen LogP contribution is -2.37. The summed E-state index contributed by atoms with van der Waals surface area (Å²) in [5.41, 5.74) is 1.52. The fraction of sp³-hybridized carbons (Fsp3) is 0.391. The van der Waals surface area contributed by atoms with Gasteiger partial charge in [-0.25, -0.2) is 13.4 Å². The van der Waals surface area contributed by atoms with Crippen LogP contribution in [0.25, 0.3) is 10.2 Å². The molecule has 0 radical (unpaired) electrons. The van der Waals surface area contributed by atoms with Crippen molar-refractivity contribution in [3.63, 3.8) is 0 Å². The molecule has 0 bridgehead atoms. The lowest BCUT2D eigenvalue weighted by molar-refractivity contribution is -0.116. The average Bonchev–Trinajstić information content (AvgIpc) is 3.20. The fourth-order valence-electron chi connectivity index (χ4n) is 3.33. The van der Waals surface area contributed by atoms with Crippen LogP contribution in [0.1, 0.15) is 12.0 Å². The average molecular weight is 492 g/mol. The number of thiazole rings is 1. The predicted molar refractivity (Wildman–Crippen MR) is 131 cm³/mol. The summed E-state index contributed by atoms with van der Waals surface area (Å²) in [5, 5.41) is 0.413. The molecular formula is C23H29N3O5S2. The molecule has 1 amide bonds. The summed E-state index contributed by atoms with van der Waals surface area (Å²) in [4.78, 5) is 21.5. The molecule has 1 heterocycles. The Morgan fingerprint density at radius 1 is 1.00 bits per heavy atom. The summed E-state index contributed by atoms with van der Waals surface area (Å²) in [5.74, 6) is 0.0116. The molecule has 33 heavy (non-hydrogen) atoms. The number of carbonyl (C=O) groups is 1. The number of benzene rings is 2. The number of methoxy groups -OCH3 is 2. The summed E-state index contributed by atoms with van der Waals surface area (Å²) in [6.45, 7) is 2.96. The van der Waals surface area contributed by atoms with E-state index in [-0.39, 0.29) is 4.90 Å². The van der Waals surface area contributed by atoms with Crippen molar-refractivity contribution < 1.29 is 22.7 Å². The predicted octanol–water partition coefficient (Wildman–Crippen LogP) is 3.38. The Bertz CT molecular complexity index is 1180. The first-order valence-electron chi connectivity index (χ1n) is 10.4. The number of carbonyl (C=O) groups excluding carboxylic acids is 1. The molecule has 0 fully saturated rings. The highest BCUT2D eigenvalue weighted by atomic mass is 32.2. The SMILES string of the molecule is COc1ccc(OC)c2sc(N(CCCN(C)C)C(=O)CS(=O)(=O)c3ccc(C)cc3)nc12. The topological polar surface area (TPSA) is 89.0 Å². The third kappa shape index (κ3) is 5.82. The molecule has 0 unspecified atom stereocenters. The molecule has 0 aliphatic carbocycles. The van der Waals surface area contributed by atoms with Gasteiger partial charge in [-0.3, -0.25) is 9.69 Å². The number of hydrogen-bond donors (Lipinski definition) is 0. The third-order valence-electron chi connectivity index (χ3n) is 5.11. The molecule has 1 aromatic heterocycles. The number of rotatable bonds is 10. The molecule has 0 saturated carbocycles. The molecule has 0 N–H and O–H groups in total. The number of hydrogen-bond acceptors (Lipinski definition) is 8. The highest BCUT2D eigenvalue weighted by Crippen LogP contribution is 2.40. The minimum atomic E-state index is -3.80. The quantitative estimate of drug-likeness (QED) is 0.430. The first-order valence-corrected chi connectivity index (χ1v) is 12.9. The lowest BCUT2D eigenvalue weighted by Gasteiger charge is -2.21. The number of aryl methyl sites for hydroxylation is 1. The van der Waals surface area contributed by atoms with Crippen LogP contribution < -0.4 is 14.4 Å². The molecule has 0 aliphatic rings. The number of amides is 1. The number of ether oxygens (including phenoxy) is 2. The fourth-order valence-corrected chi connectivity index (χ4v) is 5.65. The molecule has 0 aliphatic heterocycles. The molecule has 0 saturated heterocycles. The zero-order chi connectivity index (χ0) is 24.2. The normalized spacial score (nSPS) is 11.7. The van der Waals surface area contributed by atoms with Gasteiger partial charge in [-0.2, -0.15) is 0 Å². The van der Waals surface area contributed by atoms with Crippen molar-refractivity contribution in [3.8, 4) is 11.5 Å². The van der Waals surface area contributed by atoms with Crippen LogP contribution in [0.4, 0.5) is 5.13 Å². The maximum atomic E-state index is 13.3. The minimum absolute atomic E-state index is 0.127. The van der Waals surface area contributed by atoms with Gasteiger partial charge < -0.3 is 14.4 Å². The Morgan fingerprint density at radius 2 is 1.64 bits per heavy atom. The van der Waals surface area contributed by atoms with Gasteiger partial charge in [0, 0.05) is 6.54 Å². The van der Waals surface area contributed by atoms with Gasteiger partial charge in [-0.15, -0.1) is 0 Å². The summed E-state index contributed by atoms with van der Waals surface area (Å²) in [6, 6.07) is 10.0. The van der Waals surface area contributed by atoms with Crippen molar-refractivity contribution in [2.75, 3.05) is 52.1 Å². The maximum absolute atomic E-state index is 13.3. The van der Waals surface area contributed by atoms with E-state index < -0.39 is 21.5 Å². The van der Waals surface area contributed by atoms with Crippen molar-refractivity contribution in [3.05, 3.63) is 42.0 Å². The van der Waals surface area contributed by atoms with Gasteiger partial charge in [0.05, 0.1) is 19.1 Å². The van der Waals surface area contributed by atoms with Gasteiger partial charge in [0.15, 0.2) is 15.0 Å². The van der Waals surface area contributed by atoms with E-state index in [2.05, 4.69) is 4.98 Å². The largest absolute Gasteiger partial charge is 0.495 e. The monoisotopic (exact) mass is 491 g/mol. The Kier molecular flexibility index (Phi) is 7.93. The molecule has 0 spiro atoms. The van der Waals surface area contributed by atoms with E-state index in [1.165, 1.54) is 28.4 Å². The second kappa shape index (κ2) is 10.5. The summed E-state index contributed by atoms with van der Waals surface area (Å²) in [6.07, 6.45) is 0.660.